The van der Waals surface area contributed by atoms with Crippen LogP contribution in [0.3, 0.4) is 0 Å². The molecule has 1 fully saturated rings. The molecule has 1 aliphatic rings. The number of carbonyl (C=O) groups excluding carboxylic acids is 2. The lowest BCUT2D eigenvalue weighted by Gasteiger charge is -2.41. The van der Waals surface area contributed by atoms with Crippen LogP contribution in [0, 0.1) is 0 Å². The number of nitrogens with one attached hydrogen (secondary N) is 1. The first kappa shape index (κ1) is 67.6. The lowest BCUT2D eigenvalue weighted by atomic mass is 9.99. The summed E-state index contributed by atoms with van der Waals surface area (Å²) in [6, 6.07) is -1.02. The van der Waals surface area contributed by atoms with Gasteiger partial charge in [0.25, 0.3) is 0 Å². The molecule has 420 valence electrons. The zero-order chi connectivity index (χ0) is 52.5. The molecule has 0 saturated carbocycles. The maximum absolute atomic E-state index is 13.4. The van der Waals surface area contributed by atoms with E-state index in [0.717, 1.165) is 89.9 Å². The molecule has 0 spiro atoms. The molecule has 11 nitrogen and oxygen atoms in total. The number of esters is 1. The molecule has 1 amide bonds. The number of ether oxygens (including phenoxy) is 3. The molecular weight excluding hydrogens is 907 g/mol. The summed E-state index contributed by atoms with van der Waals surface area (Å²) in [4.78, 5) is 26.5. The summed E-state index contributed by atoms with van der Waals surface area (Å²) < 4.78 is 17.6. The van der Waals surface area contributed by atoms with E-state index < -0.39 is 67.4 Å². The van der Waals surface area contributed by atoms with Crippen LogP contribution in [0.25, 0.3) is 0 Å². The Labute approximate surface area is 440 Å². The minimum Gasteiger partial charge on any atom is -0.454 e. The van der Waals surface area contributed by atoms with Gasteiger partial charge >= 0.3 is 5.97 Å². The average molecular weight is 1020 g/mol. The van der Waals surface area contributed by atoms with Crippen molar-refractivity contribution in [3.05, 3.63) is 48.6 Å². The van der Waals surface area contributed by atoms with E-state index in [-0.39, 0.29) is 19.4 Å². The van der Waals surface area contributed by atoms with Crippen LogP contribution in [-0.4, -0.2) is 99.6 Å². The van der Waals surface area contributed by atoms with Crippen LogP contribution in [0.5, 0.6) is 0 Å². The van der Waals surface area contributed by atoms with Gasteiger partial charge in [-0.15, -0.1) is 0 Å². The second-order valence-corrected chi connectivity index (χ2v) is 20.7. The van der Waals surface area contributed by atoms with Gasteiger partial charge in [-0.05, 0) is 77.0 Å². The van der Waals surface area contributed by atoms with Crippen molar-refractivity contribution in [3.63, 3.8) is 0 Å². The van der Waals surface area contributed by atoms with Crippen molar-refractivity contribution in [1.29, 1.82) is 0 Å². The van der Waals surface area contributed by atoms with E-state index in [1.807, 2.05) is 6.08 Å². The lowest BCUT2D eigenvalue weighted by Crippen LogP contribution is -2.61. The number of amides is 1. The molecular formula is C61H111NO10. The highest BCUT2D eigenvalue weighted by Gasteiger charge is 2.47. The first-order chi connectivity index (χ1) is 35.2. The van der Waals surface area contributed by atoms with Gasteiger partial charge in [-0.2, -0.15) is 0 Å². The highest BCUT2D eigenvalue weighted by atomic mass is 16.7. The predicted octanol–water partition coefficient (Wildman–Crippen LogP) is 13.7. The summed E-state index contributed by atoms with van der Waals surface area (Å²) in [6.07, 6.45) is 48.7. The Balaban J connectivity index is 2.69. The van der Waals surface area contributed by atoms with Gasteiger partial charge in [-0.3, -0.25) is 9.59 Å². The minimum absolute atomic E-state index is 0.114. The zero-order valence-electron chi connectivity index (χ0n) is 46.3. The summed E-state index contributed by atoms with van der Waals surface area (Å²) in [6.45, 7) is 5.67. The van der Waals surface area contributed by atoms with Crippen LogP contribution in [0.2, 0.25) is 0 Å². The van der Waals surface area contributed by atoms with Crippen LogP contribution in [0.1, 0.15) is 265 Å². The normalized spacial score (nSPS) is 19.8. The largest absolute Gasteiger partial charge is 0.454 e. The summed E-state index contributed by atoms with van der Waals surface area (Å²) >= 11 is 0. The van der Waals surface area contributed by atoms with E-state index in [9.17, 15) is 35.1 Å². The van der Waals surface area contributed by atoms with E-state index in [0.29, 0.717) is 12.8 Å². The third-order valence-corrected chi connectivity index (χ3v) is 14.0. The average Bonchev–Trinajstić information content (AvgIpc) is 3.38. The van der Waals surface area contributed by atoms with Gasteiger partial charge in [-0.25, -0.2) is 0 Å². The molecule has 0 bridgehead atoms. The monoisotopic (exact) mass is 1020 g/mol. The fourth-order valence-electron chi connectivity index (χ4n) is 9.21. The zero-order valence-corrected chi connectivity index (χ0v) is 46.3. The Morgan fingerprint density at radius 1 is 0.556 bits per heavy atom. The van der Waals surface area contributed by atoms with Gasteiger partial charge < -0.3 is 45.1 Å². The molecule has 11 heteroatoms. The van der Waals surface area contributed by atoms with Crippen LogP contribution < -0.4 is 5.32 Å². The third-order valence-electron chi connectivity index (χ3n) is 14.0. The fourth-order valence-corrected chi connectivity index (χ4v) is 9.21. The molecule has 72 heavy (non-hydrogen) atoms. The first-order valence-corrected chi connectivity index (χ1v) is 29.9. The van der Waals surface area contributed by atoms with Crippen LogP contribution in [-0.2, 0) is 23.8 Å². The number of aliphatic hydroxyl groups is 5. The number of carbonyl (C=O) groups is 2. The molecule has 1 heterocycles. The maximum Gasteiger partial charge on any atom is 0.306 e. The molecule has 6 N–H and O–H groups in total. The summed E-state index contributed by atoms with van der Waals surface area (Å²) in [5.41, 5.74) is 0. The molecule has 1 saturated heterocycles. The van der Waals surface area contributed by atoms with Crippen molar-refractivity contribution in [2.45, 2.75) is 314 Å². The molecule has 0 aromatic heterocycles. The Morgan fingerprint density at radius 3 is 1.50 bits per heavy atom. The third kappa shape index (κ3) is 37.4. The molecule has 0 aromatic carbocycles. The van der Waals surface area contributed by atoms with Gasteiger partial charge in [0, 0.05) is 6.42 Å². The van der Waals surface area contributed by atoms with E-state index in [2.05, 4.69) is 62.5 Å². The van der Waals surface area contributed by atoms with Crippen molar-refractivity contribution < 1.29 is 49.3 Å². The second kappa shape index (κ2) is 49.5. The topological polar surface area (TPSA) is 175 Å². The van der Waals surface area contributed by atoms with Gasteiger partial charge in [0.15, 0.2) is 12.4 Å². The number of allylic oxidation sites excluding steroid dienone is 7. The SMILES string of the molecule is CC/C=C/C/C=C/CCCCCCCCCC(=O)OC1C(OCC(NC(=O)C(O)CCCCCCCCCC/C=C/CCCCCCCC)C(O)/C=C/CCCCCCCCCCC)OC(CO)C(O)C1O. The number of unbranched alkanes of at least 4 members (excludes halogenated alkanes) is 30. The van der Waals surface area contributed by atoms with Gasteiger partial charge in [-0.1, -0.05) is 230 Å². The van der Waals surface area contributed by atoms with Crippen molar-refractivity contribution in [2.75, 3.05) is 13.2 Å². The molecule has 8 atom stereocenters. The van der Waals surface area contributed by atoms with E-state index in [4.69, 9.17) is 14.2 Å². The Kier molecular flexibility index (Phi) is 46.5. The first-order valence-electron chi connectivity index (χ1n) is 29.9. The van der Waals surface area contributed by atoms with Crippen molar-refractivity contribution >= 4 is 11.9 Å². The summed E-state index contributed by atoms with van der Waals surface area (Å²) in [5.74, 6) is -1.20. The number of aliphatic hydroxyl groups excluding tert-OH is 5. The molecule has 0 aromatic rings. The fraction of sp³-hybridized carbons (Fsp3) is 0.836. The summed E-state index contributed by atoms with van der Waals surface area (Å²) in [5, 5.41) is 56.8. The van der Waals surface area contributed by atoms with Crippen molar-refractivity contribution in [1.82, 2.24) is 5.32 Å². The van der Waals surface area contributed by atoms with Gasteiger partial charge in [0.2, 0.25) is 5.91 Å². The van der Waals surface area contributed by atoms with Crippen LogP contribution >= 0.6 is 0 Å². The minimum atomic E-state index is -1.62. The van der Waals surface area contributed by atoms with E-state index >= 15 is 0 Å². The molecule has 1 aliphatic heterocycles. The predicted molar refractivity (Wildman–Crippen MR) is 297 cm³/mol. The van der Waals surface area contributed by atoms with E-state index in [1.165, 1.54) is 128 Å². The highest BCUT2D eigenvalue weighted by molar-refractivity contribution is 5.80. The Bertz CT molecular complexity index is 1350. The number of hydrogen-bond donors (Lipinski definition) is 6. The summed E-state index contributed by atoms with van der Waals surface area (Å²) in [7, 11) is 0. The smallest absolute Gasteiger partial charge is 0.306 e. The standard InChI is InChI=1S/C61H111NO10/c1-4-7-10-13-16-19-22-24-26-27-28-29-30-33-36-39-42-45-48-54(65)60(69)62-52(53(64)47-44-41-38-35-32-21-18-15-12-9-6-3)51-70-61-59(58(68)57(67)55(50-63)71-61)72-56(66)49-46-43-40-37-34-31-25-23-20-17-14-11-8-5-2/h8,11,17,20,24,26,44,47,52-55,57-59,61,63-65,67-68H,4-7,9-10,12-16,18-19,21-23,25,27-43,45-46,48-51H2,1-3H3,(H,62,69)/b11-8+,20-17+,26-24+,47-44+. The molecule has 8 unspecified atom stereocenters. The Hall–Kier alpha value is -2.38. The van der Waals surface area contributed by atoms with Gasteiger partial charge in [0.1, 0.15) is 24.4 Å². The molecule has 0 aliphatic carbocycles. The Morgan fingerprint density at radius 2 is 1.00 bits per heavy atom. The number of rotatable bonds is 50. The van der Waals surface area contributed by atoms with Crippen LogP contribution in [0.15, 0.2) is 48.6 Å². The van der Waals surface area contributed by atoms with Gasteiger partial charge in [0.05, 0.1) is 25.4 Å². The lowest BCUT2D eigenvalue weighted by molar-refractivity contribution is -0.305. The maximum atomic E-state index is 13.4. The molecule has 1 rings (SSSR count). The van der Waals surface area contributed by atoms with E-state index in [1.54, 1.807) is 6.08 Å². The van der Waals surface area contributed by atoms with Crippen LogP contribution in [0.4, 0.5) is 0 Å². The molecule has 0 radical (unpaired) electrons. The quantitative estimate of drug-likeness (QED) is 0.0195. The second-order valence-electron chi connectivity index (χ2n) is 20.7. The van der Waals surface area contributed by atoms with Crippen molar-refractivity contribution in [2.24, 2.45) is 0 Å². The van der Waals surface area contributed by atoms with Crippen molar-refractivity contribution in [3.8, 4) is 0 Å². The highest BCUT2D eigenvalue weighted by Crippen LogP contribution is 2.26. The number of hydrogen-bond acceptors (Lipinski definition) is 10.